The molecule has 2 amide bonds. The maximum Gasteiger partial charge on any atom is 0.339 e. The Morgan fingerprint density at radius 1 is 0.906 bits per heavy atom. The van der Waals surface area contributed by atoms with E-state index < -0.39 is 11.2 Å². The van der Waals surface area contributed by atoms with Gasteiger partial charge < -0.3 is 20.8 Å². The van der Waals surface area contributed by atoms with Crippen molar-refractivity contribution < 1.29 is 24.6 Å². The van der Waals surface area contributed by atoms with Crippen molar-refractivity contribution in [3.63, 3.8) is 0 Å². The third-order valence-electron chi connectivity index (χ3n) is 4.52. The number of amides is 2. The van der Waals surface area contributed by atoms with Crippen LogP contribution >= 0.6 is 11.8 Å². The molecule has 1 unspecified atom stereocenters. The van der Waals surface area contributed by atoms with Crippen LogP contribution in [-0.2, 0) is 16.0 Å². The van der Waals surface area contributed by atoms with Gasteiger partial charge in [0.1, 0.15) is 11.3 Å². The highest BCUT2D eigenvalue weighted by molar-refractivity contribution is 8.00. The molecule has 0 saturated heterocycles. The van der Waals surface area contributed by atoms with Crippen LogP contribution in [0.5, 0.6) is 5.75 Å². The first-order chi connectivity index (χ1) is 15.3. The zero-order chi connectivity index (χ0) is 23.1. The van der Waals surface area contributed by atoms with Crippen molar-refractivity contribution in [3.8, 4) is 5.75 Å². The van der Waals surface area contributed by atoms with Crippen molar-refractivity contribution in [2.24, 2.45) is 0 Å². The van der Waals surface area contributed by atoms with Gasteiger partial charge in [-0.15, -0.1) is 11.8 Å². The van der Waals surface area contributed by atoms with Crippen molar-refractivity contribution in [3.05, 3.63) is 83.9 Å². The predicted molar refractivity (Wildman–Crippen MR) is 124 cm³/mol. The quantitative estimate of drug-likeness (QED) is 0.299. The highest BCUT2D eigenvalue weighted by atomic mass is 32.2. The Morgan fingerprint density at radius 2 is 1.56 bits per heavy atom. The summed E-state index contributed by atoms with van der Waals surface area (Å²) in [6.45, 7) is 1.73. The van der Waals surface area contributed by atoms with E-state index in [-0.39, 0.29) is 35.2 Å². The van der Waals surface area contributed by atoms with Gasteiger partial charge in [-0.2, -0.15) is 0 Å². The van der Waals surface area contributed by atoms with Crippen LogP contribution in [0.4, 0.5) is 11.4 Å². The van der Waals surface area contributed by atoms with E-state index in [0.29, 0.717) is 5.69 Å². The van der Waals surface area contributed by atoms with Crippen LogP contribution in [0.3, 0.4) is 0 Å². The summed E-state index contributed by atoms with van der Waals surface area (Å²) in [5.41, 5.74) is 1.60. The number of anilines is 2. The Balaban J connectivity index is 1.54. The highest BCUT2D eigenvalue weighted by Crippen LogP contribution is 2.27. The van der Waals surface area contributed by atoms with Crippen LogP contribution in [-0.4, -0.2) is 33.2 Å². The van der Waals surface area contributed by atoms with Crippen molar-refractivity contribution in [2.75, 3.05) is 10.6 Å². The average molecular weight is 451 g/mol. The summed E-state index contributed by atoms with van der Waals surface area (Å²) < 4.78 is 0. The molecule has 0 bridgehead atoms. The minimum Gasteiger partial charge on any atom is -0.507 e. The smallest absolute Gasteiger partial charge is 0.339 e. The number of aromatic hydroxyl groups is 1. The summed E-state index contributed by atoms with van der Waals surface area (Å²) >= 11 is 1.32. The molecule has 7 nitrogen and oxygen atoms in total. The van der Waals surface area contributed by atoms with Gasteiger partial charge in [-0.1, -0.05) is 30.3 Å². The van der Waals surface area contributed by atoms with Crippen LogP contribution < -0.4 is 10.6 Å². The van der Waals surface area contributed by atoms with Crippen molar-refractivity contribution in [1.82, 2.24) is 0 Å². The fraction of sp³-hybridized carbons (Fsp3) is 0.125. The Bertz CT molecular complexity index is 1120. The van der Waals surface area contributed by atoms with Gasteiger partial charge in [0.05, 0.1) is 11.7 Å². The van der Waals surface area contributed by atoms with Crippen molar-refractivity contribution in [1.29, 1.82) is 0 Å². The molecule has 1 atom stereocenters. The van der Waals surface area contributed by atoms with Gasteiger partial charge >= 0.3 is 5.97 Å². The third kappa shape index (κ3) is 6.36. The number of rotatable bonds is 8. The predicted octanol–water partition coefficient (Wildman–Crippen LogP) is 4.39. The number of carboxylic acids is 1. The standard InChI is InChI=1S/C24H22N2O5S/c1-15(23(29)26-18-9-12-21(27)20(14-18)24(30)31)32-19-10-7-17(8-11-19)25-22(28)13-16-5-3-2-4-6-16/h2-12,14-15,27H,13H2,1H3,(H,25,28)(H,26,29)(H,30,31). The van der Waals surface area contributed by atoms with Crippen LogP contribution in [0.15, 0.2) is 77.7 Å². The number of carboxylic acid groups (broad SMARTS) is 1. The van der Waals surface area contributed by atoms with E-state index in [4.69, 9.17) is 5.11 Å². The number of thioether (sulfide) groups is 1. The fourth-order valence-electron chi connectivity index (χ4n) is 2.89. The SMILES string of the molecule is CC(Sc1ccc(NC(=O)Cc2ccccc2)cc1)C(=O)Nc1ccc(O)c(C(=O)O)c1. The maximum atomic E-state index is 12.5. The first-order valence-corrected chi connectivity index (χ1v) is 10.7. The number of hydrogen-bond donors (Lipinski definition) is 4. The summed E-state index contributed by atoms with van der Waals surface area (Å²) in [6, 6.07) is 20.5. The van der Waals surface area contributed by atoms with E-state index in [1.807, 2.05) is 42.5 Å². The highest BCUT2D eigenvalue weighted by Gasteiger charge is 2.17. The van der Waals surface area contributed by atoms with Gasteiger partial charge in [0.15, 0.2) is 0 Å². The van der Waals surface area contributed by atoms with Gasteiger partial charge in [-0.05, 0) is 55.0 Å². The molecule has 0 aliphatic carbocycles. The normalized spacial score (nSPS) is 11.4. The molecular weight excluding hydrogens is 428 g/mol. The van der Waals surface area contributed by atoms with E-state index in [9.17, 15) is 19.5 Å². The molecule has 0 aromatic heterocycles. The molecule has 4 N–H and O–H groups in total. The third-order valence-corrected chi connectivity index (χ3v) is 5.63. The molecule has 3 aromatic rings. The van der Waals surface area contributed by atoms with Crippen molar-refractivity contribution in [2.45, 2.75) is 23.5 Å². The Hall–Kier alpha value is -3.78. The Labute approximate surface area is 189 Å². The van der Waals surface area contributed by atoms with Gasteiger partial charge in [-0.25, -0.2) is 4.79 Å². The lowest BCUT2D eigenvalue weighted by Crippen LogP contribution is -2.22. The zero-order valence-electron chi connectivity index (χ0n) is 17.2. The van der Waals surface area contributed by atoms with E-state index in [1.165, 1.54) is 30.0 Å². The zero-order valence-corrected chi connectivity index (χ0v) is 18.1. The topological polar surface area (TPSA) is 116 Å². The summed E-state index contributed by atoms with van der Waals surface area (Å²) in [7, 11) is 0. The number of aromatic carboxylic acids is 1. The second kappa shape index (κ2) is 10.5. The van der Waals surface area contributed by atoms with E-state index >= 15 is 0 Å². The van der Waals surface area contributed by atoms with Gasteiger partial charge in [0, 0.05) is 16.3 Å². The molecule has 0 fully saturated rings. The van der Waals surface area contributed by atoms with Crippen LogP contribution in [0.1, 0.15) is 22.8 Å². The number of hydrogen-bond acceptors (Lipinski definition) is 5. The van der Waals surface area contributed by atoms with E-state index in [0.717, 1.165) is 10.5 Å². The van der Waals surface area contributed by atoms with Crippen LogP contribution in [0.2, 0.25) is 0 Å². The minimum absolute atomic E-state index is 0.112. The summed E-state index contributed by atoms with van der Waals surface area (Å²) in [5, 5.41) is 23.7. The number of phenols is 1. The molecule has 164 valence electrons. The second-order valence-electron chi connectivity index (χ2n) is 7.02. The molecule has 0 spiro atoms. The molecule has 3 aromatic carbocycles. The van der Waals surface area contributed by atoms with E-state index in [2.05, 4.69) is 10.6 Å². The molecule has 0 radical (unpaired) electrons. The molecule has 0 saturated carbocycles. The lowest BCUT2D eigenvalue weighted by atomic mass is 10.1. The van der Waals surface area contributed by atoms with Crippen LogP contribution in [0, 0.1) is 0 Å². The Morgan fingerprint density at radius 3 is 2.22 bits per heavy atom. The fourth-order valence-corrected chi connectivity index (χ4v) is 3.76. The Kier molecular flexibility index (Phi) is 7.51. The number of carbonyl (C=O) groups is 3. The number of benzene rings is 3. The molecule has 32 heavy (non-hydrogen) atoms. The minimum atomic E-state index is -1.28. The number of carbonyl (C=O) groups excluding carboxylic acids is 2. The second-order valence-corrected chi connectivity index (χ2v) is 8.44. The molecule has 0 aliphatic rings. The largest absolute Gasteiger partial charge is 0.507 e. The van der Waals surface area contributed by atoms with Gasteiger partial charge in [-0.3, -0.25) is 9.59 Å². The molecule has 3 rings (SSSR count). The van der Waals surface area contributed by atoms with Crippen molar-refractivity contribution >= 4 is 40.9 Å². The summed E-state index contributed by atoms with van der Waals surface area (Å²) in [4.78, 5) is 36.6. The summed E-state index contributed by atoms with van der Waals surface area (Å²) in [5.74, 6) is -2.07. The molecular formula is C24H22N2O5S. The van der Waals surface area contributed by atoms with Crippen LogP contribution in [0.25, 0.3) is 0 Å². The van der Waals surface area contributed by atoms with Gasteiger partial charge in [0.25, 0.3) is 0 Å². The molecule has 0 aliphatic heterocycles. The number of nitrogens with one attached hydrogen (secondary N) is 2. The summed E-state index contributed by atoms with van der Waals surface area (Å²) in [6.07, 6.45) is 0.287. The van der Waals surface area contributed by atoms with E-state index in [1.54, 1.807) is 19.1 Å². The maximum absolute atomic E-state index is 12.5. The monoisotopic (exact) mass is 450 g/mol. The lowest BCUT2D eigenvalue weighted by Gasteiger charge is -2.13. The average Bonchev–Trinajstić information content (AvgIpc) is 2.76. The first-order valence-electron chi connectivity index (χ1n) is 9.79. The molecule has 8 heteroatoms. The first kappa shape index (κ1) is 22.9. The molecule has 0 heterocycles. The lowest BCUT2D eigenvalue weighted by molar-refractivity contribution is -0.116. The van der Waals surface area contributed by atoms with Gasteiger partial charge in [0.2, 0.25) is 11.8 Å².